The summed E-state index contributed by atoms with van der Waals surface area (Å²) in [6.45, 7) is 6.13. The van der Waals surface area contributed by atoms with Crippen LogP contribution in [0, 0.1) is 23.2 Å². The first-order valence-electron chi connectivity index (χ1n) is 12.3. The zero-order valence-corrected chi connectivity index (χ0v) is 21.2. The molecule has 0 atom stereocenters. The second-order valence-corrected chi connectivity index (χ2v) is 8.98. The first-order chi connectivity index (χ1) is 18.7. The van der Waals surface area contributed by atoms with Crippen LogP contribution < -0.4 is 11.1 Å². The van der Waals surface area contributed by atoms with E-state index in [1.54, 1.807) is 6.07 Å². The molecule has 1 aliphatic heterocycles. The average molecular weight is 534 g/mol. The number of carbonyl (C=O) groups is 1. The number of amides is 1. The van der Waals surface area contributed by atoms with E-state index in [9.17, 15) is 23.2 Å². The number of nitriles is 1. The Hall–Kier alpha value is -4.45. The summed E-state index contributed by atoms with van der Waals surface area (Å²) in [5.74, 6) is 5.28. The predicted octanol–water partition coefficient (Wildman–Crippen LogP) is 3.74. The summed E-state index contributed by atoms with van der Waals surface area (Å²) >= 11 is 0. The number of aromatic nitrogens is 2. The van der Waals surface area contributed by atoms with Crippen LogP contribution in [0.2, 0.25) is 0 Å². The fourth-order valence-electron chi connectivity index (χ4n) is 4.19. The zero-order valence-electron chi connectivity index (χ0n) is 21.2. The van der Waals surface area contributed by atoms with Crippen LogP contribution in [0.4, 0.5) is 24.8 Å². The molecule has 11 heteroatoms. The van der Waals surface area contributed by atoms with Crippen molar-refractivity contribution in [2.75, 3.05) is 43.8 Å². The third kappa shape index (κ3) is 7.11. The van der Waals surface area contributed by atoms with Crippen molar-refractivity contribution in [2.45, 2.75) is 19.6 Å². The van der Waals surface area contributed by atoms with Crippen LogP contribution in [-0.2, 0) is 12.7 Å². The van der Waals surface area contributed by atoms with Gasteiger partial charge in [-0.05, 0) is 42.4 Å². The molecule has 3 heterocycles. The van der Waals surface area contributed by atoms with E-state index in [0.29, 0.717) is 24.2 Å². The van der Waals surface area contributed by atoms with E-state index in [-0.39, 0.29) is 34.9 Å². The van der Waals surface area contributed by atoms with E-state index < -0.39 is 17.6 Å². The van der Waals surface area contributed by atoms with Gasteiger partial charge in [-0.3, -0.25) is 9.69 Å². The molecule has 39 heavy (non-hydrogen) atoms. The van der Waals surface area contributed by atoms with Gasteiger partial charge in [0.05, 0.1) is 16.7 Å². The Morgan fingerprint density at radius 1 is 1.05 bits per heavy atom. The number of carbonyl (C=O) groups excluding carboxylic acids is 1. The van der Waals surface area contributed by atoms with Crippen molar-refractivity contribution >= 4 is 17.5 Å². The van der Waals surface area contributed by atoms with Gasteiger partial charge in [-0.1, -0.05) is 24.8 Å². The van der Waals surface area contributed by atoms with Gasteiger partial charge in [-0.25, -0.2) is 9.97 Å². The smallest absolute Gasteiger partial charge is 0.384 e. The molecule has 1 saturated heterocycles. The Morgan fingerprint density at radius 2 is 1.79 bits per heavy atom. The van der Waals surface area contributed by atoms with Gasteiger partial charge in [0.25, 0.3) is 5.91 Å². The maximum atomic E-state index is 13.9. The van der Waals surface area contributed by atoms with E-state index in [0.717, 1.165) is 25.7 Å². The van der Waals surface area contributed by atoms with Crippen LogP contribution in [0.1, 0.15) is 45.1 Å². The Balaban J connectivity index is 1.50. The third-order valence-corrected chi connectivity index (χ3v) is 6.37. The van der Waals surface area contributed by atoms with Crippen molar-refractivity contribution in [2.24, 2.45) is 0 Å². The Morgan fingerprint density at radius 3 is 2.49 bits per heavy atom. The number of likely N-dealkylation sites (N-methyl/N-ethyl adjacent to an activating group) is 1. The summed E-state index contributed by atoms with van der Waals surface area (Å²) in [5, 5.41) is 11.8. The number of piperazine rings is 1. The zero-order chi connectivity index (χ0) is 28.0. The summed E-state index contributed by atoms with van der Waals surface area (Å²) in [7, 11) is 0. The van der Waals surface area contributed by atoms with Gasteiger partial charge in [0.1, 0.15) is 17.7 Å². The topological polar surface area (TPSA) is 111 Å². The normalized spacial score (nSPS) is 14.2. The fourth-order valence-corrected chi connectivity index (χ4v) is 4.19. The number of alkyl halides is 3. The number of pyridine rings is 2. The van der Waals surface area contributed by atoms with Crippen LogP contribution in [0.3, 0.4) is 0 Å². The largest absolute Gasteiger partial charge is 0.416 e. The molecule has 8 nitrogen and oxygen atoms in total. The van der Waals surface area contributed by atoms with E-state index in [1.165, 1.54) is 36.7 Å². The van der Waals surface area contributed by atoms with Crippen molar-refractivity contribution in [1.29, 1.82) is 5.26 Å². The monoisotopic (exact) mass is 533 g/mol. The molecule has 0 spiro atoms. The maximum Gasteiger partial charge on any atom is 0.416 e. The summed E-state index contributed by atoms with van der Waals surface area (Å²) in [6.07, 6.45) is -1.81. The second kappa shape index (κ2) is 11.9. The van der Waals surface area contributed by atoms with Gasteiger partial charge in [0.15, 0.2) is 0 Å². The van der Waals surface area contributed by atoms with E-state index in [4.69, 9.17) is 5.73 Å². The molecule has 3 aromatic rings. The number of halogens is 3. The van der Waals surface area contributed by atoms with Crippen LogP contribution in [0.25, 0.3) is 0 Å². The molecule has 0 unspecified atom stereocenters. The molecule has 0 radical (unpaired) electrons. The fraction of sp³-hybridized carbons (Fsp3) is 0.286. The lowest BCUT2D eigenvalue weighted by Gasteiger charge is -2.34. The standard InChI is InChI=1S/C28H26F3N7O/c1-2-37-9-11-38(12-10-37)18-22-6-5-20(14-24(22)28(29,30)31)27(39)36-26-13-19(7-8-34-26)3-4-21-17-35-25(33)15-23(21)16-32/h5-8,13-15,17H,2,9-12,18H2,1H3,(H2,33,35)(H,34,36,39). The molecule has 0 bridgehead atoms. The molecule has 200 valence electrons. The number of rotatable bonds is 5. The van der Waals surface area contributed by atoms with Gasteiger partial charge < -0.3 is 16.0 Å². The van der Waals surface area contributed by atoms with Gasteiger partial charge in [-0.15, -0.1) is 0 Å². The molecule has 0 saturated carbocycles. The number of hydrogen-bond acceptors (Lipinski definition) is 7. The average Bonchev–Trinajstić information content (AvgIpc) is 2.92. The van der Waals surface area contributed by atoms with Crippen LogP contribution >= 0.6 is 0 Å². The molecule has 1 aromatic carbocycles. The lowest BCUT2D eigenvalue weighted by Crippen LogP contribution is -2.45. The lowest BCUT2D eigenvalue weighted by molar-refractivity contribution is -0.138. The van der Waals surface area contributed by atoms with E-state index in [1.807, 2.05) is 11.0 Å². The number of nitrogens with zero attached hydrogens (tertiary/aromatic N) is 5. The molecule has 1 fully saturated rings. The highest BCUT2D eigenvalue weighted by molar-refractivity contribution is 6.04. The highest BCUT2D eigenvalue weighted by Crippen LogP contribution is 2.33. The number of benzene rings is 1. The number of nitrogens with one attached hydrogen (secondary N) is 1. The Kier molecular flexibility index (Phi) is 8.45. The van der Waals surface area contributed by atoms with Gasteiger partial charge in [-0.2, -0.15) is 18.4 Å². The van der Waals surface area contributed by atoms with Gasteiger partial charge in [0.2, 0.25) is 0 Å². The van der Waals surface area contributed by atoms with Crippen molar-refractivity contribution in [3.63, 3.8) is 0 Å². The van der Waals surface area contributed by atoms with Crippen molar-refractivity contribution in [3.05, 3.63) is 82.2 Å². The van der Waals surface area contributed by atoms with Gasteiger partial charge in [0, 0.05) is 56.2 Å². The summed E-state index contributed by atoms with van der Waals surface area (Å²) in [4.78, 5) is 25.1. The minimum absolute atomic E-state index is 0.120. The van der Waals surface area contributed by atoms with E-state index in [2.05, 4.69) is 38.9 Å². The number of anilines is 2. The second-order valence-electron chi connectivity index (χ2n) is 8.98. The molecule has 0 aliphatic carbocycles. The molecule has 3 N–H and O–H groups in total. The molecule has 4 rings (SSSR count). The quantitative estimate of drug-likeness (QED) is 0.481. The SMILES string of the molecule is CCN1CCN(Cc2ccc(C(=O)Nc3cc(C#Cc4cnc(N)cc4C#N)ccn3)cc2C(F)(F)F)CC1. The van der Waals surface area contributed by atoms with Gasteiger partial charge >= 0.3 is 6.18 Å². The highest BCUT2D eigenvalue weighted by atomic mass is 19.4. The van der Waals surface area contributed by atoms with Crippen molar-refractivity contribution in [3.8, 4) is 17.9 Å². The third-order valence-electron chi connectivity index (χ3n) is 6.37. The van der Waals surface area contributed by atoms with Crippen LogP contribution in [-0.4, -0.2) is 58.4 Å². The molecule has 1 aliphatic rings. The number of nitrogens with two attached hydrogens (primary N) is 1. The maximum absolute atomic E-state index is 13.9. The van der Waals surface area contributed by atoms with Crippen LogP contribution in [0.5, 0.6) is 0 Å². The molecular formula is C28H26F3N7O. The first-order valence-corrected chi connectivity index (χ1v) is 12.3. The summed E-state index contributed by atoms with van der Waals surface area (Å²) < 4.78 is 41.8. The minimum atomic E-state index is -4.61. The molecule has 2 aromatic heterocycles. The minimum Gasteiger partial charge on any atom is -0.384 e. The Labute approximate surface area is 224 Å². The molecule has 1 amide bonds. The van der Waals surface area contributed by atoms with E-state index >= 15 is 0 Å². The number of nitrogen functional groups attached to an aromatic ring is 1. The first kappa shape index (κ1) is 27.6. The number of hydrogen-bond donors (Lipinski definition) is 2. The summed E-state index contributed by atoms with van der Waals surface area (Å²) in [6, 6.07) is 10.1. The lowest BCUT2D eigenvalue weighted by atomic mass is 10.0. The highest BCUT2D eigenvalue weighted by Gasteiger charge is 2.34. The van der Waals surface area contributed by atoms with Crippen molar-refractivity contribution < 1.29 is 18.0 Å². The van der Waals surface area contributed by atoms with Crippen molar-refractivity contribution in [1.82, 2.24) is 19.8 Å². The molecular weight excluding hydrogens is 507 g/mol. The summed E-state index contributed by atoms with van der Waals surface area (Å²) in [5.41, 5.74) is 5.88. The van der Waals surface area contributed by atoms with Crippen LogP contribution in [0.15, 0.2) is 48.8 Å². The predicted molar refractivity (Wildman–Crippen MR) is 140 cm³/mol. The Bertz CT molecular complexity index is 1460.